The van der Waals surface area contributed by atoms with E-state index in [9.17, 15) is 0 Å². The lowest BCUT2D eigenvalue weighted by Gasteiger charge is -2.40. The second-order valence-electron chi connectivity index (χ2n) is 20.1. The normalized spacial score (nSPS) is 21.3. The smallest absolute Gasteiger partial charge is 0.148 e. The van der Waals surface area contributed by atoms with Gasteiger partial charge in [-0.3, -0.25) is 19.4 Å². The number of ether oxygens (including phenoxy) is 4. The van der Waals surface area contributed by atoms with Crippen LogP contribution in [0.4, 0.5) is 0 Å². The molecule has 0 spiro atoms. The Morgan fingerprint density at radius 2 is 0.775 bits per heavy atom. The Hall–Kier alpha value is -7.80. The standard InChI is InChI=1S/C15H22N4O2.2C14H20N4O2.C13H18N4O2/c1-5-6-17-8-11(2)14(20-3)13-15(17)19-10-18(21-4)9-12(19)7-16-13;1-5-16-7-10(2)13(19-3)12-14(16)18-9-17(20-4)8-11(18)6-15-12;1-4-6-16-7-5-12(19-2)13-14(16)18-10-17(20-3)9-11(18)8-15-13;1-9-6-15(2)13-11(12(9)18-3)14-5-10-7-16(19-4)8-17(10)13/h7,9H,5-6,8,10H2,1-4H3;6,8H,5,7,9H2,1-4H3;5,8-9H,4,6-7,10H2,1-3H3;5,7H,6,8H2,1-4H3. The second-order valence-corrected chi connectivity index (χ2v) is 20.1. The summed E-state index contributed by atoms with van der Waals surface area (Å²) in [6.45, 7) is 21.9. The van der Waals surface area contributed by atoms with E-state index in [1.165, 1.54) is 16.7 Å². The maximum atomic E-state index is 5.59. The van der Waals surface area contributed by atoms with E-state index in [-0.39, 0.29) is 0 Å². The first-order valence-electron chi connectivity index (χ1n) is 27.1. The van der Waals surface area contributed by atoms with Crippen molar-refractivity contribution < 1.29 is 38.3 Å². The molecule has 12 aliphatic heterocycles. The zero-order valence-corrected chi connectivity index (χ0v) is 49.3. The number of hydrogen-bond donors (Lipinski definition) is 0. The van der Waals surface area contributed by atoms with E-state index in [4.69, 9.17) is 38.3 Å². The fourth-order valence-electron chi connectivity index (χ4n) is 11.3. The van der Waals surface area contributed by atoms with Gasteiger partial charge >= 0.3 is 0 Å². The van der Waals surface area contributed by atoms with E-state index in [2.05, 4.69) is 114 Å². The molecule has 0 N–H and O–H groups in total. The summed E-state index contributed by atoms with van der Waals surface area (Å²) in [6, 6.07) is 0. The number of methoxy groups -OCH3 is 4. The van der Waals surface area contributed by atoms with Crippen LogP contribution in [0.25, 0.3) is 0 Å². The quantitative estimate of drug-likeness (QED) is 0.214. The highest BCUT2D eigenvalue weighted by Crippen LogP contribution is 2.41. The van der Waals surface area contributed by atoms with Crippen molar-refractivity contribution >= 4 is 24.9 Å². The van der Waals surface area contributed by atoms with E-state index in [1.807, 2.05) is 49.7 Å². The van der Waals surface area contributed by atoms with Crippen LogP contribution in [0.2, 0.25) is 0 Å². The number of nitrogens with zero attached hydrogens (tertiary/aromatic N) is 16. The van der Waals surface area contributed by atoms with Crippen molar-refractivity contribution in [1.29, 1.82) is 0 Å². The summed E-state index contributed by atoms with van der Waals surface area (Å²) in [5.41, 5.74) is 11.4. The lowest BCUT2D eigenvalue weighted by atomic mass is 10.1. The molecule has 0 aromatic carbocycles. The third kappa shape index (κ3) is 10.7. The van der Waals surface area contributed by atoms with Gasteiger partial charge in [0.05, 0.1) is 129 Å². The minimum atomic E-state index is 0.664. The molecule has 0 bridgehead atoms. The first-order valence-corrected chi connectivity index (χ1v) is 27.1. The molecule has 24 heteroatoms. The number of rotatable bonds is 13. The Kier molecular flexibility index (Phi) is 17.6. The van der Waals surface area contributed by atoms with Gasteiger partial charge in [0.2, 0.25) is 0 Å². The first-order chi connectivity index (χ1) is 38.8. The number of likely N-dealkylation sites (N-methyl/N-ethyl adjacent to an activating group) is 2. The molecule has 0 saturated carbocycles. The van der Waals surface area contributed by atoms with Crippen molar-refractivity contribution in [2.75, 3.05) is 136 Å². The van der Waals surface area contributed by atoms with Crippen LogP contribution >= 0.6 is 0 Å². The molecule has 0 saturated heterocycles. The van der Waals surface area contributed by atoms with Gasteiger partial charge in [0.25, 0.3) is 0 Å². The molecular weight excluding hydrogens is 1020 g/mol. The molecule has 0 aliphatic carbocycles. The van der Waals surface area contributed by atoms with E-state index in [0.29, 0.717) is 26.7 Å². The molecule has 12 rings (SSSR count). The molecule has 80 heavy (non-hydrogen) atoms. The highest BCUT2D eigenvalue weighted by Gasteiger charge is 2.40. The van der Waals surface area contributed by atoms with Gasteiger partial charge in [-0.25, -0.2) is 40.2 Å². The van der Waals surface area contributed by atoms with Crippen LogP contribution in [-0.2, 0) is 38.3 Å². The number of allylic oxidation sites excluding steroid dienone is 4. The van der Waals surface area contributed by atoms with Gasteiger partial charge in [-0.05, 0) is 63.3 Å². The van der Waals surface area contributed by atoms with Gasteiger partial charge in [-0.15, -0.1) is 0 Å². The second kappa shape index (κ2) is 24.7. The van der Waals surface area contributed by atoms with Crippen LogP contribution in [0.1, 0.15) is 54.4 Å². The monoisotopic (exact) mass is 1100 g/mol. The minimum absolute atomic E-state index is 0.664. The molecule has 0 unspecified atom stereocenters. The summed E-state index contributed by atoms with van der Waals surface area (Å²) in [4.78, 5) is 57.6. The summed E-state index contributed by atoms with van der Waals surface area (Å²) < 4.78 is 22.1. The summed E-state index contributed by atoms with van der Waals surface area (Å²) in [7, 11) is 15.6. The molecule has 24 nitrogen and oxygen atoms in total. The zero-order valence-electron chi connectivity index (χ0n) is 49.3. The van der Waals surface area contributed by atoms with E-state index in [0.717, 1.165) is 151 Å². The van der Waals surface area contributed by atoms with E-state index >= 15 is 0 Å². The molecular formula is C56H80N16O8. The maximum Gasteiger partial charge on any atom is 0.148 e. The van der Waals surface area contributed by atoms with Gasteiger partial charge in [-0.2, -0.15) is 0 Å². The minimum Gasteiger partial charge on any atom is -0.495 e. The topological polar surface area (TPSA) is 162 Å². The highest BCUT2D eigenvalue weighted by atomic mass is 16.7. The predicted molar refractivity (Wildman–Crippen MR) is 304 cm³/mol. The fraction of sp³-hybridized carbons (Fsp3) is 0.500. The van der Waals surface area contributed by atoms with Crippen molar-refractivity contribution in [2.24, 2.45) is 20.0 Å². The Labute approximate surface area is 471 Å². The largest absolute Gasteiger partial charge is 0.495 e. The summed E-state index contributed by atoms with van der Waals surface area (Å²) in [5.74, 6) is 7.89. The highest BCUT2D eigenvalue weighted by molar-refractivity contribution is 5.84. The van der Waals surface area contributed by atoms with Crippen LogP contribution in [0.15, 0.2) is 159 Å². The van der Waals surface area contributed by atoms with Crippen molar-refractivity contribution in [3.63, 3.8) is 0 Å². The summed E-state index contributed by atoms with van der Waals surface area (Å²) >= 11 is 0. The van der Waals surface area contributed by atoms with Crippen LogP contribution < -0.4 is 0 Å². The van der Waals surface area contributed by atoms with Crippen molar-refractivity contribution in [2.45, 2.75) is 54.4 Å². The lowest BCUT2D eigenvalue weighted by molar-refractivity contribution is -0.0972. The van der Waals surface area contributed by atoms with Gasteiger partial charge < -0.3 is 58.1 Å². The molecule has 0 aromatic heterocycles. The zero-order chi connectivity index (χ0) is 56.9. The molecule has 12 heterocycles. The third-order valence-corrected chi connectivity index (χ3v) is 14.9. The average Bonchev–Trinajstić information content (AvgIpc) is 4.44. The molecule has 0 amide bonds. The third-order valence-electron chi connectivity index (χ3n) is 14.9. The van der Waals surface area contributed by atoms with Gasteiger partial charge in [0.1, 0.15) is 95.8 Å². The summed E-state index contributed by atoms with van der Waals surface area (Å²) in [5, 5.41) is 7.18. The molecule has 0 aromatic rings. The molecule has 0 atom stereocenters. The number of fused-ring (bicyclic) bond motifs is 8. The van der Waals surface area contributed by atoms with Gasteiger partial charge in [0, 0.05) is 52.9 Å². The Morgan fingerprint density at radius 3 is 1.16 bits per heavy atom. The van der Waals surface area contributed by atoms with Gasteiger partial charge in [-0.1, -0.05) is 13.8 Å². The number of hydrogen-bond acceptors (Lipinski definition) is 24. The van der Waals surface area contributed by atoms with Crippen molar-refractivity contribution in [3.05, 3.63) is 139 Å². The SMILES string of the molecule is CCCN1CC(C)=C(OC)C2=C1N1CN(OC)C=C1C=N2.CCCN1CC=C(OC)C2=C1N1CN(OC)C=C1C=N2.CCN1CC(C)=C(OC)C2=C1N1CN(OC)C=C1C=N2.COC1=C(C)CN(C)C2=C1N=CC1=CN(OC)CN12. The molecule has 0 fully saturated rings. The average molecular weight is 1110 g/mol. The Balaban J connectivity index is 0.000000129. The number of aliphatic imine (C=N–C) groups is 4. The van der Waals surface area contributed by atoms with Crippen molar-refractivity contribution in [3.8, 4) is 0 Å². The Bertz CT molecular complexity index is 2940. The maximum absolute atomic E-state index is 5.59. The molecule has 0 radical (unpaired) electrons. The van der Waals surface area contributed by atoms with Crippen LogP contribution in [0.3, 0.4) is 0 Å². The van der Waals surface area contributed by atoms with E-state index < -0.39 is 0 Å². The van der Waals surface area contributed by atoms with Gasteiger partial charge in [0.15, 0.2) is 0 Å². The lowest BCUT2D eigenvalue weighted by Crippen LogP contribution is -2.42. The predicted octanol–water partition coefficient (Wildman–Crippen LogP) is 5.89. The summed E-state index contributed by atoms with van der Waals surface area (Å²) in [6.07, 6.45) is 19.6. The molecule has 12 aliphatic rings. The van der Waals surface area contributed by atoms with E-state index in [1.54, 1.807) is 77.1 Å². The first kappa shape index (κ1) is 56.9. The number of hydroxylamine groups is 8. The van der Waals surface area contributed by atoms with Crippen LogP contribution in [-0.4, -0.2) is 221 Å². The van der Waals surface area contributed by atoms with Crippen molar-refractivity contribution in [1.82, 2.24) is 59.5 Å². The fourth-order valence-corrected chi connectivity index (χ4v) is 11.3. The van der Waals surface area contributed by atoms with Crippen LogP contribution in [0.5, 0.6) is 0 Å². The van der Waals surface area contributed by atoms with Crippen LogP contribution in [0, 0.1) is 0 Å². The molecule has 432 valence electrons. The Morgan fingerprint density at radius 1 is 0.425 bits per heavy atom.